The summed E-state index contributed by atoms with van der Waals surface area (Å²) in [6, 6.07) is 18.0. The molecule has 7 heteroatoms. The number of ether oxygens (including phenoxy) is 1. The smallest absolute Gasteiger partial charge is 0.259 e. The quantitative estimate of drug-likeness (QED) is 0.577. The predicted octanol–water partition coefficient (Wildman–Crippen LogP) is 3.36. The van der Waals surface area contributed by atoms with Gasteiger partial charge in [0.05, 0.1) is 12.8 Å². The van der Waals surface area contributed by atoms with Gasteiger partial charge in [-0.2, -0.15) is 0 Å². The van der Waals surface area contributed by atoms with E-state index in [0.717, 1.165) is 22.0 Å². The van der Waals surface area contributed by atoms with E-state index in [0.29, 0.717) is 17.7 Å². The first kappa shape index (κ1) is 22.3. The van der Waals surface area contributed by atoms with E-state index >= 15 is 0 Å². The number of carbonyl (C=O) groups is 3. The van der Waals surface area contributed by atoms with Crippen LogP contribution in [0.4, 0.5) is 5.69 Å². The molecule has 170 valence electrons. The summed E-state index contributed by atoms with van der Waals surface area (Å²) in [6.45, 7) is 1.97. The molecule has 33 heavy (non-hydrogen) atoms. The Bertz CT molecular complexity index is 1200. The Morgan fingerprint density at radius 3 is 2.39 bits per heavy atom. The highest BCUT2D eigenvalue weighted by Gasteiger charge is 2.34. The second kappa shape index (κ2) is 9.32. The third-order valence-electron chi connectivity index (χ3n) is 6.09. The van der Waals surface area contributed by atoms with E-state index in [1.807, 2.05) is 61.5 Å². The molecule has 7 nitrogen and oxygen atoms in total. The molecule has 3 aromatic rings. The van der Waals surface area contributed by atoms with Gasteiger partial charge in [0.25, 0.3) is 5.91 Å². The Balaban J connectivity index is 1.64. The Morgan fingerprint density at radius 2 is 1.76 bits per heavy atom. The van der Waals surface area contributed by atoms with Gasteiger partial charge in [-0.3, -0.25) is 19.3 Å². The number of nitrogens with one attached hydrogen (secondary N) is 1. The molecule has 0 aromatic heterocycles. The average molecular weight is 446 g/mol. The van der Waals surface area contributed by atoms with Crippen LogP contribution < -0.4 is 15.0 Å². The lowest BCUT2D eigenvalue weighted by Crippen LogP contribution is -2.51. The topological polar surface area (TPSA) is 79.0 Å². The number of hydrogen-bond donors (Lipinski definition) is 1. The van der Waals surface area contributed by atoms with Gasteiger partial charge in [-0.25, -0.2) is 0 Å². The monoisotopic (exact) mass is 445 g/mol. The molecule has 0 radical (unpaired) electrons. The van der Waals surface area contributed by atoms with Crippen LogP contribution in [0, 0.1) is 0 Å². The largest absolute Gasteiger partial charge is 0.497 e. The van der Waals surface area contributed by atoms with Crippen molar-refractivity contribution in [2.24, 2.45) is 0 Å². The first-order valence-corrected chi connectivity index (χ1v) is 11.0. The Labute approximate surface area is 192 Å². The van der Waals surface area contributed by atoms with Gasteiger partial charge in [-0.05, 0) is 41.6 Å². The fourth-order valence-corrected chi connectivity index (χ4v) is 4.38. The van der Waals surface area contributed by atoms with Crippen LogP contribution in [-0.2, 0) is 16.1 Å². The third-order valence-corrected chi connectivity index (χ3v) is 6.09. The molecule has 1 aliphatic rings. The number of carbonyl (C=O) groups excluding carboxylic acids is 3. The summed E-state index contributed by atoms with van der Waals surface area (Å²) in [7, 11) is 3.15. The Hall–Kier alpha value is -3.87. The van der Waals surface area contributed by atoms with E-state index in [9.17, 15) is 14.4 Å². The van der Waals surface area contributed by atoms with Crippen LogP contribution in [0.1, 0.15) is 29.3 Å². The van der Waals surface area contributed by atoms with E-state index in [2.05, 4.69) is 5.32 Å². The minimum absolute atomic E-state index is 0.143. The lowest BCUT2D eigenvalue weighted by molar-refractivity contribution is -0.140. The molecule has 4 rings (SSSR count). The fraction of sp³-hybridized carbons (Fsp3) is 0.269. The van der Waals surface area contributed by atoms with Crippen molar-refractivity contribution < 1.29 is 19.1 Å². The van der Waals surface area contributed by atoms with E-state index in [-0.39, 0.29) is 30.8 Å². The molecule has 0 aliphatic carbocycles. The second-order valence-electron chi connectivity index (χ2n) is 7.98. The van der Waals surface area contributed by atoms with Crippen LogP contribution in [0.5, 0.6) is 5.75 Å². The summed E-state index contributed by atoms with van der Waals surface area (Å²) >= 11 is 0. The number of rotatable bonds is 8. The van der Waals surface area contributed by atoms with E-state index in [1.165, 1.54) is 4.90 Å². The zero-order valence-corrected chi connectivity index (χ0v) is 19.0. The molecule has 0 fully saturated rings. The van der Waals surface area contributed by atoms with Crippen LogP contribution in [-0.4, -0.2) is 49.4 Å². The number of anilines is 1. The highest BCUT2D eigenvalue weighted by Crippen LogP contribution is 2.37. The van der Waals surface area contributed by atoms with Gasteiger partial charge < -0.3 is 15.0 Å². The zero-order chi connectivity index (χ0) is 23.5. The number of nitrogens with zero attached hydrogens (tertiary/aromatic N) is 2. The summed E-state index contributed by atoms with van der Waals surface area (Å²) in [5, 5.41) is 4.47. The highest BCUT2D eigenvalue weighted by atomic mass is 16.5. The summed E-state index contributed by atoms with van der Waals surface area (Å²) in [5.41, 5.74) is 2.18. The molecular formula is C26H27N3O4. The number of methoxy groups -OCH3 is 1. The minimum atomic E-state index is -0.652. The lowest BCUT2D eigenvalue weighted by atomic mass is 10.1. The normalized spacial score (nSPS) is 13.2. The van der Waals surface area contributed by atoms with Crippen LogP contribution in [0.2, 0.25) is 0 Å². The zero-order valence-electron chi connectivity index (χ0n) is 19.0. The SMILES string of the molecule is CC[C@H](C(=O)NC)N(Cc1ccc(OC)cc1)C(=O)CN1C(=O)c2cccc3cccc1c23. The molecule has 0 saturated carbocycles. The van der Waals surface area contributed by atoms with Crippen LogP contribution in [0.3, 0.4) is 0 Å². The van der Waals surface area contributed by atoms with Crippen molar-refractivity contribution in [1.82, 2.24) is 10.2 Å². The van der Waals surface area contributed by atoms with Crippen LogP contribution >= 0.6 is 0 Å². The highest BCUT2D eigenvalue weighted by molar-refractivity contribution is 6.26. The Morgan fingerprint density at radius 1 is 1.06 bits per heavy atom. The molecule has 1 atom stereocenters. The van der Waals surface area contributed by atoms with E-state index in [4.69, 9.17) is 4.74 Å². The molecular weight excluding hydrogens is 418 g/mol. The second-order valence-corrected chi connectivity index (χ2v) is 7.98. The fourth-order valence-electron chi connectivity index (χ4n) is 4.38. The van der Waals surface area contributed by atoms with Gasteiger partial charge in [0, 0.05) is 24.5 Å². The van der Waals surface area contributed by atoms with Crippen molar-refractivity contribution >= 4 is 34.2 Å². The van der Waals surface area contributed by atoms with Crippen molar-refractivity contribution in [2.75, 3.05) is 25.6 Å². The molecule has 3 amide bonds. The molecule has 1 aliphatic heterocycles. The van der Waals surface area contributed by atoms with Crippen molar-refractivity contribution in [3.05, 3.63) is 71.8 Å². The summed E-state index contributed by atoms with van der Waals surface area (Å²) in [4.78, 5) is 42.4. The van der Waals surface area contributed by atoms with E-state index in [1.54, 1.807) is 25.1 Å². The first-order valence-electron chi connectivity index (χ1n) is 11.0. The van der Waals surface area contributed by atoms with Crippen molar-refractivity contribution in [2.45, 2.75) is 25.9 Å². The minimum Gasteiger partial charge on any atom is -0.497 e. The van der Waals surface area contributed by atoms with Crippen molar-refractivity contribution in [1.29, 1.82) is 0 Å². The number of amides is 3. The van der Waals surface area contributed by atoms with Crippen molar-refractivity contribution in [3.63, 3.8) is 0 Å². The number of likely N-dealkylation sites (N-methyl/N-ethyl adjacent to an activating group) is 1. The van der Waals surface area contributed by atoms with Gasteiger partial charge >= 0.3 is 0 Å². The molecule has 0 unspecified atom stereocenters. The first-order chi connectivity index (χ1) is 16.0. The lowest BCUT2D eigenvalue weighted by Gasteiger charge is -2.32. The summed E-state index contributed by atoms with van der Waals surface area (Å²) in [5.74, 6) is -0.0204. The average Bonchev–Trinajstić information content (AvgIpc) is 3.12. The standard InChI is InChI=1S/C26H27N3O4/c1-4-21(25(31)27-2)28(15-17-11-13-19(33-3)14-12-17)23(30)16-29-22-10-6-8-18-7-5-9-20(24(18)22)26(29)32/h5-14,21H,4,15-16H2,1-3H3,(H,27,31)/t21-/m1/s1. The summed E-state index contributed by atoms with van der Waals surface area (Å²) in [6.07, 6.45) is 0.450. The van der Waals surface area contributed by atoms with Gasteiger partial charge in [-0.15, -0.1) is 0 Å². The van der Waals surface area contributed by atoms with Crippen LogP contribution in [0.15, 0.2) is 60.7 Å². The predicted molar refractivity (Wildman–Crippen MR) is 127 cm³/mol. The molecule has 1 N–H and O–H groups in total. The maximum atomic E-state index is 13.6. The van der Waals surface area contributed by atoms with Crippen LogP contribution in [0.25, 0.3) is 10.8 Å². The van der Waals surface area contributed by atoms with Gasteiger partial charge in [0.2, 0.25) is 11.8 Å². The molecule has 3 aromatic carbocycles. The third kappa shape index (κ3) is 4.14. The van der Waals surface area contributed by atoms with Gasteiger partial charge in [0.15, 0.2) is 0 Å². The Kier molecular flexibility index (Phi) is 6.31. The summed E-state index contributed by atoms with van der Waals surface area (Å²) < 4.78 is 5.22. The molecule has 1 heterocycles. The molecule has 0 saturated heterocycles. The van der Waals surface area contributed by atoms with E-state index < -0.39 is 6.04 Å². The van der Waals surface area contributed by atoms with Gasteiger partial charge in [0.1, 0.15) is 18.3 Å². The molecule has 0 spiro atoms. The van der Waals surface area contributed by atoms with Crippen molar-refractivity contribution in [3.8, 4) is 5.75 Å². The maximum absolute atomic E-state index is 13.6. The van der Waals surface area contributed by atoms with Gasteiger partial charge in [-0.1, -0.05) is 43.3 Å². The number of benzene rings is 3. The number of hydrogen-bond acceptors (Lipinski definition) is 4. The molecule has 0 bridgehead atoms. The maximum Gasteiger partial charge on any atom is 0.259 e.